The van der Waals surface area contributed by atoms with Crippen molar-refractivity contribution in [3.63, 3.8) is 0 Å². The van der Waals surface area contributed by atoms with Crippen LogP contribution in [0.2, 0.25) is 0 Å². The van der Waals surface area contributed by atoms with Crippen LogP contribution < -0.4 is 10.2 Å². The molecule has 1 heterocycles. The highest BCUT2D eigenvalue weighted by atomic mass is 19.1. The Labute approximate surface area is 225 Å². The number of anilines is 1. The van der Waals surface area contributed by atoms with E-state index in [9.17, 15) is 14.4 Å². The van der Waals surface area contributed by atoms with Crippen LogP contribution in [-0.2, 0) is 20.9 Å². The molecular weight excluding hydrogens is 501 g/mol. The van der Waals surface area contributed by atoms with Gasteiger partial charge >= 0.3 is 5.97 Å². The number of benzene rings is 3. The lowest BCUT2D eigenvalue weighted by atomic mass is 9.97. The number of nitrogens with zero attached hydrogens (tertiary/aromatic N) is 4. The highest BCUT2D eigenvalue weighted by molar-refractivity contribution is 6.02. The number of halogens is 1. The van der Waals surface area contributed by atoms with Gasteiger partial charge in [0.15, 0.2) is 0 Å². The summed E-state index contributed by atoms with van der Waals surface area (Å²) in [5.74, 6) is -2.28. The standard InChI is InChI=1S/C29H30FN5O4/c1-5-29(2,3)31-27(37)26(21-10-6-7-11-22(21)30)35(20-16-14-19(15-17-20)28(38)39-4)25(36)18-34-24-13-9-8-12-23(24)32-33-34/h6-17,26H,5,18H2,1-4H3,(H,31,37)/t26-/m1/s1. The molecule has 2 amide bonds. The fourth-order valence-corrected chi connectivity index (χ4v) is 4.14. The number of ether oxygens (including phenoxy) is 1. The summed E-state index contributed by atoms with van der Waals surface area (Å²) in [6.45, 7) is 5.35. The first-order chi connectivity index (χ1) is 18.6. The Morgan fingerprint density at radius 2 is 1.69 bits per heavy atom. The molecule has 0 saturated carbocycles. The van der Waals surface area contributed by atoms with Gasteiger partial charge in [0.1, 0.15) is 23.9 Å². The van der Waals surface area contributed by atoms with E-state index >= 15 is 4.39 Å². The van der Waals surface area contributed by atoms with Crippen LogP contribution >= 0.6 is 0 Å². The average Bonchev–Trinajstić information content (AvgIpc) is 3.34. The molecule has 1 N–H and O–H groups in total. The summed E-state index contributed by atoms with van der Waals surface area (Å²) in [7, 11) is 1.27. The number of nitrogens with one attached hydrogen (secondary N) is 1. The molecule has 0 bridgehead atoms. The monoisotopic (exact) mass is 531 g/mol. The minimum Gasteiger partial charge on any atom is -0.465 e. The van der Waals surface area contributed by atoms with Crippen LogP contribution in [0.15, 0.2) is 72.8 Å². The van der Waals surface area contributed by atoms with Gasteiger partial charge in [0.2, 0.25) is 11.8 Å². The first-order valence-electron chi connectivity index (χ1n) is 12.5. The van der Waals surface area contributed by atoms with Crippen LogP contribution in [0.1, 0.15) is 49.2 Å². The van der Waals surface area contributed by atoms with Crippen molar-refractivity contribution in [1.82, 2.24) is 20.3 Å². The smallest absolute Gasteiger partial charge is 0.337 e. The minimum absolute atomic E-state index is 0.0238. The van der Waals surface area contributed by atoms with Crippen LogP contribution in [0.3, 0.4) is 0 Å². The number of methoxy groups -OCH3 is 1. The lowest BCUT2D eigenvalue weighted by molar-refractivity contribution is -0.128. The zero-order chi connectivity index (χ0) is 28.2. The summed E-state index contributed by atoms with van der Waals surface area (Å²) in [6.07, 6.45) is 0.607. The quantitative estimate of drug-likeness (QED) is 0.320. The van der Waals surface area contributed by atoms with Crippen molar-refractivity contribution >= 4 is 34.5 Å². The number of fused-ring (bicyclic) bond motifs is 1. The Bertz CT molecular complexity index is 1500. The van der Waals surface area contributed by atoms with E-state index < -0.39 is 35.2 Å². The predicted octanol–water partition coefficient (Wildman–Crippen LogP) is 4.44. The molecule has 0 aliphatic carbocycles. The van der Waals surface area contributed by atoms with E-state index in [0.717, 1.165) is 0 Å². The molecule has 1 atom stereocenters. The molecule has 0 saturated heterocycles. The number of carbonyl (C=O) groups is 3. The van der Waals surface area contributed by atoms with Gasteiger partial charge in [-0.25, -0.2) is 13.9 Å². The molecule has 10 heteroatoms. The van der Waals surface area contributed by atoms with Gasteiger partial charge in [-0.3, -0.25) is 14.5 Å². The highest BCUT2D eigenvalue weighted by Gasteiger charge is 2.37. The van der Waals surface area contributed by atoms with Gasteiger partial charge in [0.25, 0.3) is 0 Å². The summed E-state index contributed by atoms with van der Waals surface area (Å²) in [6, 6.07) is 17.7. The van der Waals surface area contributed by atoms with Crippen molar-refractivity contribution in [3.8, 4) is 0 Å². The SMILES string of the molecule is CCC(C)(C)NC(=O)[C@@H](c1ccccc1F)N(C(=O)Cn1nnc2ccccc21)c1ccc(C(=O)OC)cc1. The molecule has 0 radical (unpaired) electrons. The topological polar surface area (TPSA) is 106 Å². The number of esters is 1. The number of carbonyl (C=O) groups excluding carboxylic acids is 3. The van der Waals surface area contributed by atoms with Gasteiger partial charge in [-0.15, -0.1) is 5.10 Å². The van der Waals surface area contributed by atoms with Gasteiger partial charge in [0.05, 0.1) is 18.2 Å². The Hall–Kier alpha value is -4.60. The largest absolute Gasteiger partial charge is 0.465 e. The Balaban J connectivity index is 1.85. The molecule has 0 spiro atoms. The maximum absolute atomic E-state index is 15.2. The van der Waals surface area contributed by atoms with Crippen molar-refractivity contribution < 1.29 is 23.5 Å². The van der Waals surface area contributed by atoms with Crippen LogP contribution in [-0.4, -0.2) is 45.4 Å². The molecule has 0 fully saturated rings. The second kappa shape index (κ2) is 11.4. The normalized spacial score (nSPS) is 12.1. The van der Waals surface area contributed by atoms with Crippen LogP contribution in [0.25, 0.3) is 11.0 Å². The van der Waals surface area contributed by atoms with E-state index in [1.54, 1.807) is 24.3 Å². The number of para-hydroxylation sites is 1. The molecule has 4 aromatic rings. The molecular formula is C29H30FN5O4. The highest BCUT2D eigenvalue weighted by Crippen LogP contribution is 2.31. The third-order valence-electron chi connectivity index (χ3n) is 6.59. The van der Waals surface area contributed by atoms with E-state index in [0.29, 0.717) is 17.5 Å². The summed E-state index contributed by atoms with van der Waals surface area (Å²) < 4.78 is 21.5. The van der Waals surface area contributed by atoms with E-state index in [2.05, 4.69) is 15.6 Å². The van der Waals surface area contributed by atoms with E-state index in [4.69, 9.17) is 4.74 Å². The minimum atomic E-state index is -1.36. The van der Waals surface area contributed by atoms with Gasteiger partial charge in [-0.1, -0.05) is 42.5 Å². The first kappa shape index (κ1) is 27.4. The third kappa shape index (κ3) is 5.95. The number of hydrogen-bond acceptors (Lipinski definition) is 6. The molecule has 0 aliphatic rings. The fraction of sp³-hybridized carbons (Fsp3) is 0.276. The first-order valence-corrected chi connectivity index (χ1v) is 12.5. The molecule has 1 aromatic heterocycles. The molecule has 4 rings (SSSR count). The van der Waals surface area contributed by atoms with Crippen LogP contribution in [0, 0.1) is 5.82 Å². The maximum Gasteiger partial charge on any atom is 0.337 e. The van der Waals surface area contributed by atoms with E-state index in [-0.39, 0.29) is 23.4 Å². The maximum atomic E-state index is 15.2. The van der Waals surface area contributed by atoms with Crippen LogP contribution in [0.4, 0.5) is 10.1 Å². The lowest BCUT2D eigenvalue weighted by Crippen LogP contribution is -2.51. The summed E-state index contributed by atoms with van der Waals surface area (Å²) in [5, 5.41) is 11.2. The van der Waals surface area contributed by atoms with E-state index in [1.165, 1.54) is 59.2 Å². The van der Waals surface area contributed by atoms with Crippen molar-refractivity contribution in [2.24, 2.45) is 0 Å². The fourth-order valence-electron chi connectivity index (χ4n) is 4.14. The van der Waals surface area contributed by atoms with Gasteiger partial charge < -0.3 is 10.1 Å². The number of rotatable bonds is 9. The average molecular weight is 532 g/mol. The van der Waals surface area contributed by atoms with Crippen molar-refractivity contribution in [1.29, 1.82) is 0 Å². The third-order valence-corrected chi connectivity index (χ3v) is 6.59. The molecule has 0 aliphatic heterocycles. The molecule has 9 nitrogen and oxygen atoms in total. The number of amides is 2. The molecule has 3 aromatic carbocycles. The predicted molar refractivity (Wildman–Crippen MR) is 144 cm³/mol. The Morgan fingerprint density at radius 1 is 1.03 bits per heavy atom. The molecule has 39 heavy (non-hydrogen) atoms. The molecule has 0 unspecified atom stereocenters. The van der Waals surface area contributed by atoms with Gasteiger partial charge in [-0.05, 0) is 62.7 Å². The number of aromatic nitrogens is 3. The van der Waals surface area contributed by atoms with Crippen LogP contribution in [0.5, 0.6) is 0 Å². The van der Waals surface area contributed by atoms with Gasteiger partial charge in [-0.2, -0.15) is 0 Å². The Kier molecular flexibility index (Phi) is 8.04. The van der Waals surface area contributed by atoms with Gasteiger partial charge in [0, 0.05) is 16.8 Å². The zero-order valence-corrected chi connectivity index (χ0v) is 22.2. The summed E-state index contributed by atoms with van der Waals surface area (Å²) in [5.41, 5.74) is 1.19. The zero-order valence-electron chi connectivity index (χ0n) is 22.2. The lowest BCUT2D eigenvalue weighted by Gasteiger charge is -2.34. The second-order valence-corrected chi connectivity index (χ2v) is 9.69. The van der Waals surface area contributed by atoms with Crippen molar-refractivity contribution in [2.45, 2.75) is 45.3 Å². The van der Waals surface area contributed by atoms with Crippen molar-refractivity contribution in [3.05, 3.63) is 89.7 Å². The van der Waals surface area contributed by atoms with E-state index in [1.807, 2.05) is 26.8 Å². The number of hydrogen-bond donors (Lipinski definition) is 1. The van der Waals surface area contributed by atoms with Crippen molar-refractivity contribution in [2.75, 3.05) is 12.0 Å². The molecule has 202 valence electrons. The summed E-state index contributed by atoms with van der Waals surface area (Å²) in [4.78, 5) is 41.1. The second-order valence-electron chi connectivity index (χ2n) is 9.69. The summed E-state index contributed by atoms with van der Waals surface area (Å²) >= 11 is 0. The Morgan fingerprint density at radius 3 is 2.36 bits per heavy atom.